The summed E-state index contributed by atoms with van der Waals surface area (Å²) in [6, 6.07) is 7.67. The van der Waals surface area contributed by atoms with Crippen molar-refractivity contribution in [1.29, 1.82) is 0 Å². The van der Waals surface area contributed by atoms with Gasteiger partial charge in [-0.25, -0.2) is 0 Å². The zero-order valence-corrected chi connectivity index (χ0v) is 16.7. The van der Waals surface area contributed by atoms with Crippen LogP contribution in [0.4, 0.5) is 0 Å². The van der Waals surface area contributed by atoms with Crippen molar-refractivity contribution in [3.8, 4) is 0 Å². The van der Waals surface area contributed by atoms with Gasteiger partial charge in [-0.15, -0.1) is 24.8 Å². The fourth-order valence-corrected chi connectivity index (χ4v) is 3.54. The number of halogens is 2. The average molecular weight is 412 g/mol. The zero-order chi connectivity index (χ0) is 17.4. The van der Waals surface area contributed by atoms with Gasteiger partial charge < -0.3 is 15.2 Å². The van der Waals surface area contributed by atoms with Gasteiger partial charge in [0, 0.05) is 49.0 Å². The maximum absolute atomic E-state index is 12.8. The zero-order valence-electron chi connectivity index (χ0n) is 15.0. The molecular weight excluding hydrogens is 389 g/mol. The van der Waals surface area contributed by atoms with E-state index in [0.29, 0.717) is 12.1 Å². The number of rotatable bonds is 3. The van der Waals surface area contributed by atoms with Crippen molar-refractivity contribution < 1.29 is 4.79 Å². The molecule has 0 spiro atoms. The lowest BCUT2D eigenvalue weighted by atomic mass is 10.1. The summed E-state index contributed by atoms with van der Waals surface area (Å²) in [5.74, 6) is 0.0855. The predicted molar refractivity (Wildman–Crippen MR) is 111 cm³/mol. The third kappa shape index (κ3) is 3.81. The first-order valence-corrected chi connectivity index (χ1v) is 8.68. The first-order valence-electron chi connectivity index (χ1n) is 8.68. The van der Waals surface area contributed by atoms with E-state index in [-0.39, 0.29) is 42.7 Å². The van der Waals surface area contributed by atoms with Crippen molar-refractivity contribution in [2.45, 2.75) is 19.9 Å². The van der Waals surface area contributed by atoms with Crippen LogP contribution in [0.1, 0.15) is 12.6 Å². The number of hydrogen-bond acceptors (Lipinski definition) is 4. The van der Waals surface area contributed by atoms with E-state index >= 15 is 0 Å². The molecule has 146 valence electrons. The number of benzene rings is 1. The number of aromatic nitrogens is 3. The maximum atomic E-state index is 12.8. The van der Waals surface area contributed by atoms with Gasteiger partial charge in [0.05, 0.1) is 12.1 Å². The van der Waals surface area contributed by atoms with E-state index in [1.807, 2.05) is 36.1 Å². The Bertz CT molecular complexity index is 1010. The van der Waals surface area contributed by atoms with Crippen LogP contribution in [-0.2, 0) is 17.8 Å². The summed E-state index contributed by atoms with van der Waals surface area (Å²) in [6.45, 7) is 5.68. The molecule has 0 saturated carbocycles. The second-order valence-electron chi connectivity index (χ2n) is 6.29. The van der Waals surface area contributed by atoms with Crippen LogP contribution in [0.25, 0.3) is 21.8 Å². The molecule has 2 N–H and O–H groups in total. The van der Waals surface area contributed by atoms with Crippen molar-refractivity contribution in [1.82, 2.24) is 25.0 Å². The van der Waals surface area contributed by atoms with Crippen molar-refractivity contribution >= 4 is 52.5 Å². The highest BCUT2D eigenvalue weighted by Crippen LogP contribution is 2.25. The number of H-pyrrole nitrogens is 1. The quantitative estimate of drug-likeness (QED) is 0.686. The van der Waals surface area contributed by atoms with E-state index in [1.165, 1.54) is 0 Å². The van der Waals surface area contributed by atoms with Crippen LogP contribution in [0.3, 0.4) is 0 Å². The summed E-state index contributed by atoms with van der Waals surface area (Å²) < 4.78 is 1.78. The van der Waals surface area contributed by atoms with Crippen LogP contribution in [0, 0.1) is 0 Å². The first-order chi connectivity index (χ1) is 12.2. The molecule has 2 aromatic heterocycles. The van der Waals surface area contributed by atoms with Gasteiger partial charge in [0.1, 0.15) is 0 Å². The molecule has 0 aliphatic carbocycles. The van der Waals surface area contributed by atoms with Crippen molar-refractivity contribution in [3.05, 3.63) is 40.3 Å². The predicted octanol–water partition coefficient (Wildman–Crippen LogP) is 1.72. The second-order valence-corrected chi connectivity index (χ2v) is 6.29. The highest BCUT2D eigenvalue weighted by Gasteiger charge is 2.22. The van der Waals surface area contributed by atoms with Gasteiger partial charge in [-0.2, -0.15) is 5.10 Å². The first kappa shape index (κ1) is 21.2. The van der Waals surface area contributed by atoms with Crippen molar-refractivity contribution in [2.75, 3.05) is 26.2 Å². The molecule has 4 rings (SSSR count). The van der Waals surface area contributed by atoms with E-state index in [9.17, 15) is 9.59 Å². The number of nitrogens with one attached hydrogen (secondary N) is 2. The van der Waals surface area contributed by atoms with Gasteiger partial charge in [0.2, 0.25) is 5.91 Å². The van der Waals surface area contributed by atoms with Crippen LogP contribution < -0.4 is 10.9 Å². The molecule has 0 radical (unpaired) electrons. The molecule has 3 aromatic rings. The second kappa shape index (κ2) is 8.73. The van der Waals surface area contributed by atoms with Crippen molar-refractivity contribution in [3.63, 3.8) is 0 Å². The van der Waals surface area contributed by atoms with E-state index in [2.05, 4.69) is 15.4 Å². The average Bonchev–Trinajstić information content (AvgIpc) is 3.02. The highest BCUT2D eigenvalue weighted by molar-refractivity contribution is 6.06. The molecule has 1 aliphatic rings. The molecule has 1 aliphatic heterocycles. The maximum Gasteiger partial charge on any atom is 0.276 e. The monoisotopic (exact) mass is 411 g/mol. The van der Waals surface area contributed by atoms with E-state index in [0.717, 1.165) is 48.2 Å². The minimum absolute atomic E-state index is 0. The Balaban J connectivity index is 0.00000131. The van der Waals surface area contributed by atoms with Gasteiger partial charge in [0.15, 0.2) is 5.52 Å². The van der Waals surface area contributed by atoms with Crippen LogP contribution in [-0.4, -0.2) is 51.8 Å². The molecule has 9 heteroatoms. The van der Waals surface area contributed by atoms with Gasteiger partial charge in [0.25, 0.3) is 5.56 Å². The lowest BCUT2D eigenvalue weighted by Gasteiger charge is -2.27. The number of carbonyl (C=O) groups is 1. The number of para-hydroxylation sites is 1. The molecule has 0 unspecified atom stereocenters. The fourth-order valence-electron chi connectivity index (χ4n) is 3.54. The standard InChI is InChI=1S/C18H21N5O2.2ClH/c1-2-23-14(11-15(24)22-9-7-19-8-10-22)16-12-5-3-4-6-13(12)20-18(25)17(16)21-23;;/h3-6,19H,2,7-11H2,1H3,(H,20,25);2*1H. The molecule has 3 heterocycles. The minimum atomic E-state index is -0.211. The molecule has 1 saturated heterocycles. The summed E-state index contributed by atoms with van der Waals surface area (Å²) >= 11 is 0. The van der Waals surface area contributed by atoms with Crippen LogP contribution in [0.2, 0.25) is 0 Å². The number of nitrogens with zero attached hydrogens (tertiary/aromatic N) is 3. The minimum Gasteiger partial charge on any atom is -0.340 e. The number of hydrogen-bond donors (Lipinski definition) is 2. The third-order valence-electron chi connectivity index (χ3n) is 4.81. The Morgan fingerprint density at radius 2 is 1.89 bits per heavy atom. The van der Waals surface area contributed by atoms with Crippen molar-refractivity contribution in [2.24, 2.45) is 0 Å². The number of amides is 1. The van der Waals surface area contributed by atoms with Crippen LogP contribution in [0.15, 0.2) is 29.1 Å². The molecular formula is C18H23Cl2N5O2. The number of aromatic amines is 1. The number of aryl methyl sites for hydroxylation is 1. The number of pyridine rings is 1. The van der Waals surface area contributed by atoms with E-state index < -0.39 is 0 Å². The Morgan fingerprint density at radius 1 is 1.19 bits per heavy atom. The van der Waals surface area contributed by atoms with Crippen LogP contribution in [0.5, 0.6) is 0 Å². The largest absolute Gasteiger partial charge is 0.340 e. The van der Waals surface area contributed by atoms with Gasteiger partial charge in [-0.05, 0) is 13.0 Å². The van der Waals surface area contributed by atoms with Gasteiger partial charge in [-0.3, -0.25) is 14.3 Å². The number of fused-ring (bicyclic) bond motifs is 3. The summed E-state index contributed by atoms with van der Waals surface area (Å²) in [6.07, 6.45) is 0.262. The van der Waals surface area contributed by atoms with E-state index in [4.69, 9.17) is 0 Å². The molecule has 1 aromatic carbocycles. The lowest BCUT2D eigenvalue weighted by Crippen LogP contribution is -2.47. The highest BCUT2D eigenvalue weighted by atomic mass is 35.5. The molecule has 0 bridgehead atoms. The van der Waals surface area contributed by atoms with Gasteiger partial charge >= 0.3 is 0 Å². The number of carbonyl (C=O) groups excluding carboxylic acids is 1. The SMILES string of the molecule is CCn1nc2c(=O)[nH]c3ccccc3c2c1CC(=O)N1CCNCC1.Cl.Cl. The Kier molecular flexibility index (Phi) is 6.86. The normalized spacial score (nSPS) is 14.0. The molecule has 1 fully saturated rings. The fraction of sp³-hybridized carbons (Fsp3) is 0.389. The molecule has 27 heavy (non-hydrogen) atoms. The Morgan fingerprint density at radius 3 is 2.59 bits per heavy atom. The summed E-state index contributed by atoms with van der Waals surface area (Å²) in [5, 5.41) is 9.45. The number of piperazine rings is 1. The topological polar surface area (TPSA) is 83.0 Å². The Labute approximate surface area is 168 Å². The molecule has 1 amide bonds. The summed E-state index contributed by atoms with van der Waals surface area (Å²) in [7, 11) is 0. The van der Waals surface area contributed by atoms with E-state index in [1.54, 1.807) is 4.68 Å². The third-order valence-corrected chi connectivity index (χ3v) is 4.81. The summed E-state index contributed by atoms with van der Waals surface area (Å²) in [4.78, 5) is 30.0. The smallest absolute Gasteiger partial charge is 0.276 e. The lowest BCUT2D eigenvalue weighted by molar-refractivity contribution is -0.131. The molecule has 7 nitrogen and oxygen atoms in total. The van der Waals surface area contributed by atoms with Crippen LogP contribution >= 0.6 is 24.8 Å². The summed E-state index contributed by atoms with van der Waals surface area (Å²) in [5.41, 5.74) is 1.79. The molecule has 0 atom stereocenters. The Hall–Kier alpha value is -2.09. The van der Waals surface area contributed by atoms with Gasteiger partial charge in [-0.1, -0.05) is 18.2 Å².